The van der Waals surface area contributed by atoms with E-state index in [-0.39, 0.29) is 19.6 Å². The predicted molar refractivity (Wildman–Crippen MR) is 95.0 cm³/mol. The third-order valence-electron chi connectivity index (χ3n) is 4.41. The van der Waals surface area contributed by atoms with Crippen LogP contribution in [0.25, 0.3) is 0 Å². The van der Waals surface area contributed by atoms with E-state index in [0.29, 0.717) is 12.8 Å². The average Bonchev–Trinajstić information content (AvgIpc) is 2.57. The summed E-state index contributed by atoms with van der Waals surface area (Å²) in [4.78, 5) is 36.6. The molecule has 4 N–H and O–H groups in total. The Morgan fingerprint density at radius 1 is 0.923 bits per heavy atom. The van der Waals surface area contributed by atoms with Crippen molar-refractivity contribution in [3.8, 4) is 0 Å². The Labute approximate surface area is 153 Å². The van der Waals surface area contributed by atoms with Gasteiger partial charge >= 0.3 is 17.9 Å². The van der Waals surface area contributed by atoms with E-state index < -0.39 is 42.1 Å². The second-order valence-corrected chi connectivity index (χ2v) is 6.30. The zero-order valence-corrected chi connectivity index (χ0v) is 15.5. The van der Waals surface area contributed by atoms with Gasteiger partial charge in [0.15, 0.2) is 0 Å². The van der Waals surface area contributed by atoms with Gasteiger partial charge in [0.1, 0.15) is 18.1 Å². The van der Waals surface area contributed by atoms with Gasteiger partial charge in [-0.3, -0.25) is 24.2 Å². The summed E-state index contributed by atoms with van der Waals surface area (Å²) in [5.74, 6) is -3.41. The molecule has 0 spiro atoms. The first kappa shape index (κ1) is 24.0. The van der Waals surface area contributed by atoms with E-state index in [0.717, 1.165) is 0 Å². The number of allylic oxidation sites excluding steroid dienone is 1. The van der Waals surface area contributed by atoms with Gasteiger partial charge in [-0.15, -0.1) is 6.58 Å². The van der Waals surface area contributed by atoms with E-state index in [1.165, 1.54) is 30.6 Å². The Hall–Kier alpha value is -1.97. The lowest BCUT2D eigenvalue weighted by Gasteiger charge is -2.34. The standard InChI is InChI=1S/C17H30N2O7/c1-5-6-7-14(20)10-18(11(2)15(21)22)8-9-19(12(3)16(23)24)13(4)17(25)26/h5,11-14,20H,1,6-10H2,2-4H3,(H,21,22)(H,23,24)(H,25,26). The van der Waals surface area contributed by atoms with Gasteiger partial charge in [0.25, 0.3) is 0 Å². The van der Waals surface area contributed by atoms with Gasteiger partial charge in [-0.1, -0.05) is 6.08 Å². The molecule has 0 heterocycles. The molecule has 0 radical (unpaired) electrons. The number of carboxylic acids is 3. The Balaban J connectivity index is 5.19. The molecule has 0 aliphatic rings. The molecule has 150 valence electrons. The van der Waals surface area contributed by atoms with E-state index >= 15 is 0 Å². The van der Waals surface area contributed by atoms with Gasteiger partial charge in [-0.2, -0.15) is 0 Å². The van der Waals surface area contributed by atoms with Crippen molar-refractivity contribution in [2.75, 3.05) is 19.6 Å². The highest BCUT2D eigenvalue weighted by Crippen LogP contribution is 2.10. The highest BCUT2D eigenvalue weighted by Gasteiger charge is 2.31. The first-order valence-electron chi connectivity index (χ1n) is 8.50. The number of carboxylic acid groups (broad SMARTS) is 3. The molecule has 0 fully saturated rings. The molecule has 0 aliphatic carbocycles. The molecule has 0 saturated carbocycles. The zero-order chi connectivity index (χ0) is 20.4. The molecule has 9 nitrogen and oxygen atoms in total. The summed E-state index contributed by atoms with van der Waals surface area (Å²) in [6.45, 7) is 8.02. The first-order chi connectivity index (χ1) is 12.0. The summed E-state index contributed by atoms with van der Waals surface area (Å²) in [6, 6.07) is -3.00. The Kier molecular flexibility index (Phi) is 10.7. The maximum absolute atomic E-state index is 11.3. The minimum atomic E-state index is -1.16. The topological polar surface area (TPSA) is 139 Å². The molecule has 0 aromatic carbocycles. The van der Waals surface area contributed by atoms with Gasteiger partial charge in [0, 0.05) is 19.6 Å². The normalized spacial score (nSPS) is 16.1. The Morgan fingerprint density at radius 2 is 1.38 bits per heavy atom. The van der Waals surface area contributed by atoms with Crippen LogP contribution in [0.15, 0.2) is 12.7 Å². The fourth-order valence-electron chi connectivity index (χ4n) is 2.52. The molecule has 0 amide bonds. The minimum Gasteiger partial charge on any atom is -0.480 e. The van der Waals surface area contributed by atoms with Crippen molar-refractivity contribution < 1.29 is 34.8 Å². The van der Waals surface area contributed by atoms with Crippen molar-refractivity contribution in [2.24, 2.45) is 0 Å². The molecule has 0 aromatic rings. The number of hydrogen-bond acceptors (Lipinski definition) is 6. The zero-order valence-electron chi connectivity index (χ0n) is 15.5. The summed E-state index contributed by atoms with van der Waals surface area (Å²) < 4.78 is 0. The van der Waals surface area contributed by atoms with Crippen molar-refractivity contribution in [1.29, 1.82) is 0 Å². The number of aliphatic hydroxyl groups is 1. The lowest BCUT2D eigenvalue weighted by atomic mass is 10.1. The number of rotatable bonds is 14. The van der Waals surface area contributed by atoms with Crippen molar-refractivity contribution in [3.05, 3.63) is 12.7 Å². The van der Waals surface area contributed by atoms with E-state index in [9.17, 15) is 34.8 Å². The highest BCUT2D eigenvalue weighted by atomic mass is 16.4. The predicted octanol–water partition coefficient (Wildman–Crippen LogP) is 0.337. The second-order valence-electron chi connectivity index (χ2n) is 6.30. The van der Waals surface area contributed by atoms with Crippen molar-refractivity contribution in [3.63, 3.8) is 0 Å². The van der Waals surface area contributed by atoms with Gasteiger partial charge in [0.2, 0.25) is 0 Å². The number of aliphatic hydroxyl groups excluding tert-OH is 1. The average molecular weight is 374 g/mol. The van der Waals surface area contributed by atoms with Gasteiger partial charge in [-0.25, -0.2) is 0 Å². The molecule has 0 aromatic heterocycles. The molecule has 0 bridgehead atoms. The third kappa shape index (κ3) is 7.94. The monoisotopic (exact) mass is 374 g/mol. The lowest BCUT2D eigenvalue weighted by molar-refractivity contribution is -0.151. The second kappa shape index (κ2) is 11.6. The highest BCUT2D eigenvalue weighted by molar-refractivity contribution is 5.77. The Morgan fingerprint density at radius 3 is 1.77 bits per heavy atom. The van der Waals surface area contributed by atoms with Crippen molar-refractivity contribution in [1.82, 2.24) is 9.80 Å². The molecule has 4 unspecified atom stereocenters. The van der Waals surface area contributed by atoms with Crippen LogP contribution in [0.5, 0.6) is 0 Å². The summed E-state index contributed by atoms with van der Waals surface area (Å²) in [6.07, 6.45) is 1.89. The van der Waals surface area contributed by atoms with Gasteiger partial charge < -0.3 is 20.4 Å². The summed E-state index contributed by atoms with van der Waals surface area (Å²) in [5, 5.41) is 37.7. The molecule has 9 heteroatoms. The number of aliphatic carboxylic acids is 3. The van der Waals surface area contributed by atoms with Crippen LogP contribution in [0.3, 0.4) is 0 Å². The molecule has 0 aliphatic heterocycles. The van der Waals surface area contributed by atoms with E-state index in [4.69, 9.17) is 0 Å². The van der Waals surface area contributed by atoms with E-state index in [1.54, 1.807) is 6.08 Å². The number of hydrogen-bond donors (Lipinski definition) is 4. The molecular weight excluding hydrogens is 344 g/mol. The van der Waals surface area contributed by atoms with Crippen LogP contribution in [-0.2, 0) is 14.4 Å². The largest absolute Gasteiger partial charge is 0.480 e. The van der Waals surface area contributed by atoms with Crippen molar-refractivity contribution >= 4 is 17.9 Å². The van der Waals surface area contributed by atoms with E-state index in [2.05, 4.69) is 6.58 Å². The fourth-order valence-corrected chi connectivity index (χ4v) is 2.52. The summed E-state index contributed by atoms with van der Waals surface area (Å²) in [7, 11) is 0. The van der Waals surface area contributed by atoms with Crippen LogP contribution in [0.1, 0.15) is 33.6 Å². The molecule has 0 saturated heterocycles. The van der Waals surface area contributed by atoms with Crippen LogP contribution < -0.4 is 0 Å². The van der Waals surface area contributed by atoms with Gasteiger partial charge in [-0.05, 0) is 33.6 Å². The lowest BCUT2D eigenvalue weighted by Crippen LogP contribution is -2.53. The van der Waals surface area contributed by atoms with Crippen LogP contribution in [0.2, 0.25) is 0 Å². The number of nitrogens with zero attached hydrogens (tertiary/aromatic N) is 2. The van der Waals surface area contributed by atoms with Gasteiger partial charge in [0.05, 0.1) is 6.10 Å². The smallest absolute Gasteiger partial charge is 0.320 e. The third-order valence-corrected chi connectivity index (χ3v) is 4.41. The van der Waals surface area contributed by atoms with Crippen LogP contribution in [0.4, 0.5) is 0 Å². The molecule has 0 rings (SSSR count). The fraction of sp³-hybridized carbons (Fsp3) is 0.706. The minimum absolute atomic E-state index is 0.0345. The summed E-state index contributed by atoms with van der Waals surface area (Å²) in [5.41, 5.74) is 0. The number of carbonyl (C=O) groups is 3. The maximum atomic E-state index is 11.3. The molecule has 4 atom stereocenters. The van der Waals surface area contributed by atoms with Crippen LogP contribution in [0, 0.1) is 0 Å². The first-order valence-corrected chi connectivity index (χ1v) is 8.50. The summed E-state index contributed by atoms with van der Waals surface area (Å²) >= 11 is 0. The molecule has 26 heavy (non-hydrogen) atoms. The van der Waals surface area contributed by atoms with Crippen LogP contribution in [-0.4, -0.2) is 92.0 Å². The quantitative estimate of drug-likeness (QED) is 0.317. The van der Waals surface area contributed by atoms with Crippen LogP contribution >= 0.6 is 0 Å². The van der Waals surface area contributed by atoms with Crippen molar-refractivity contribution in [2.45, 2.75) is 57.8 Å². The van der Waals surface area contributed by atoms with E-state index in [1.807, 2.05) is 0 Å². The molecular formula is C17H30N2O7. The SMILES string of the molecule is C=CCCC(O)CN(CCN(C(C)C(=O)O)C(C)C(=O)O)C(C)C(=O)O. The maximum Gasteiger partial charge on any atom is 0.320 e. The Bertz CT molecular complexity index is 478.